The molecule has 0 aromatic heterocycles. The number of rotatable bonds is 2. The van der Waals surface area contributed by atoms with Crippen molar-refractivity contribution in [2.24, 2.45) is 0 Å². The van der Waals surface area contributed by atoms with Gasteiger partial charge in [-0.1, -0.05) is 30.3 Å². The molecule has 25 heavy (non-hydrogen) atoms. The second-order valence-electron chi connectivity index (χ2n) is 6.92. The normalized spacial score (nSPS) is 21.7. The molecular formula is C20H19FN2O2. The van der Waals surface area contributed by atoms with E-state index < -0.39 is 11.4 Å². The van der Waals surface area contributed by atoms with Crippen molar-refractivity contribution in [1.82, 2.24) is 9.80 Å². The minimum Gasteiger partial charge on any atom is -0.332 e. The summed E-state index contributed by atoms with van der Waals surface area (Å²) in [6.07, 6.45) is 0.625. The first-order chi connectivity index (χ1) is 12.0. The highest BCUT2D eigenvalue weighted by molar-refractivity contribution is 6.00. The van der Waals surface area contributed by atoms with E-state index in [9.17, 15) is 14.0 Å². The third-order valence-electron chi connectivity index (χ3n) is 5.32. The van der Waals surface area contributed by atoms with Crippen molar-refractivity contribution in [3.63, 3.8) is 0 Å². The van der Waals surface area contributed by atoms with Gasteiger partial charge < -0.3 is 9.80 Å². The molecular weight excluding hydrogens is 319 g/mol. The predicted octanol–water partition coefficient (Wildman–Crippen LogP) is 2.97. The third-order valence-corrected chi connectivity index (χ3v) is 5.32. The monoisotopic (exact) mass is 338 g/mol. The lowest BCUT2D eigenvalue weighted by Crippen LogP contribution is -2.67. The Labute approximate surface area is 145 Å². The number of hydrogen-bond donors (Lipinski definition) is 0. The van der Waals surface area contributed by atoms with Crippen LogP contribution in [0.4, 0.5) is 4.39 Å². The van der Waals surface area contributed by atoms with Crippen LogP contribution in [-0.4, -0.2) is 33.7 Å². The summed E-state index contributed by atoms with van der Waals surface area (Å²) in [6, 6.07) is 13.6. The highest BCUT2D eigenvalue weighted by Crippen LogP contribution is 2.36. The molecule has 1 atom stereocenters. The molecule has 4 nitrogen and oxygen atoms in total. The number of carbonyl (C=O) groups excluding carboxylic acids is 2. The van der Waals surface area contributed by atoms with E-state index >= 15 is 0 Å². The summed E-state index contributed by atoms with van der Waals surface area (Å²) in [5.74, 6) is -0.785. The number of likely N-dealkylation sites (tertiary alicyclic amines) is 1. The fourth-order valence-corrected chi connectivity index (χ4v) is 3.70. The zero-order valence-electron chi connectivity index (χ0n) is 14.0. The van der Waals surface area contributed by atoms with E-state index in [0.29, 0.717) is 26.1 Å². The summed E-state index contributed by atoms with van der Waals surface area (Å²) in [7, 11) is 0. The van der Waals surface area contributed by atoms with Gasteiger partial charge in [-0.25, -0.2) is 4.39 Å². The van der Waals surface area contributed by atoms with E-state index in [1.54, 1.807) is 22.8 Å². The standard InChI is InChI=1S/C20H19FN2O2/c1-20(19(25)22-12-15-5-2-3-6-16(15)13-22)9-10-23(20)18(24)14-7-4-8-17(21)11-14/h2-8,11H,9-10,12-13H2,1H3. The molecule has 1 saturated heterocycles. The Balaban J connectivity index is 1.54. The molecule has 128 valence electrons. The molecule has 1 unspecified atom stereocenters. The first-order valence-corrected chi connectivity index (χ1v) is 8.43. The summed E-state index contributed by atoms with van der Waals surface area (Å²) < 4.78 is 13.4. The van der Waals surface area contributed by atoms with E-state index in [0.717, 1.165) is 11.1 Å². The topological polar surface area (TPSA) is 40.6 Å². The van der Waals surface area contributed by atoms with Crippen LogP contribution in [0.5, 0.6) is 0 Å². The van der Waals surface area contributed by atoms with Gasteiger partial charge in [-0.05, 0) is 42.7 Å². The molecule has 5 heteroatoms. The second-order valence-corrected chi connectivity index (χ2v) is 6.92. The van der Waals surface area contributed by atoms with Crippen molar-refractivity contribution in [1.29, 1.82) is 0 Å². The molecule has 2 aromatic rings. The van der Waals surface area contributed by atoms with Crippen LogP contribution < -0.4 is 0 Å². The largest absolute Gasteiger partial charge is 0.332 e. The smallest absolute Gasteiger partial charge is 0.254 e. The first kappa shape index (κ1) is 15.8. The lowest BCUT2D eigenvalue weighted by atomic mass is 9.84. The van der Waals surface area contributed by atoms with E-state index in [2.05, 4.69) is 0 Å². The van der Waals surface area contributed by atoms with Gasteiger partial charge in [0.25, 0.3) is 5.91 Å². The van der Waals surface area contributed by atoms with Gasteiger partial charge in [0.05, 0.1) is 0 Å². The number of fused-ring (bicyclic) bond motifs is 1. The summed E-state index contributed by atoms with van der Waals surface area (Å²) in [5.41, 5.74) is 1.73. The van der Waals surface area contributed by atoms with Gasteiger partial charge >= 0.3 is 0 Å². The molecule has 2 amide bonds. The fourth-order valence-electron chi connectivity index (χ4n) is 3.70. The summed E-state index contributed by atoms with van der Waals surface area (Å²) in [5, 5.41) is 0. The van der Waals surface area contributed by atoms with E-state index in [4.69, 9.17) is 0 Å². The van der Waals surface area contributed by atoms with Crippen LogP contribution >= 0.6 is 0 Å². The van der Waals surface area contributed by atoms with Crippen LogP contribution in [0.3, 0.4) is 0 Å². The van der Waals surface area contributed by atoms with Gasteiger partial charge in [0, 0.05) is 25.2 Å². The lowest BCUT2D eigenvalue weighted by Gasteiger charge is -2.50. The number of carbonyl (C=O) groups is 2. The molecule has 2 heterocycles. The van der Waals surface area contributed by atoms with E-state index in [1.165, 1.54) is 18.2 Å². The Morgan fingerprint density at radius 3 is 2.28 bits per heavy atom. The Kier molecular flexibility index (Phi) is 3.60. The number of nitrogens with zero attached hydrogens (tertiary/aromatic N) is 2. The highest BCUT2D eigenvalue weighted by atomic mass is 19.1. The Morgan fingerprint density at radius 2 is 1.72 bits per heavy atom. The molecule has 1 fully saturated rings. The van der Waals surface area contributed by atoms with Crippen LogP contribution in [0.1, 0.15) is 34.8 Å². The SMILES string of the molecule is CC1(C(=O)N2Cc3ccccc3C2)CCN1C(=O)c1cccc(F)c1. The van der Waals surface area contributed by atoms with Crippen LogP contribution in [0.15, 0.2) is 48.5 Å². The van der Waals surface area contributed by atoms with Gasteiger partial charge in [0.15, 0.2) is 0 Å². The van der Waals surface area contributed by atoms with Crippen molar-refractivity contribution in [2.45, 2.75) is 32.0 Å². The minimum absolute atomic E-state index is 0.0419. The fraction of sp³-hybridized carbons (Fsp3) is 0.300. The molecule has 2 aliphatic rings. The third kappa shape index (κ3) is 2.51. The average Bonchev–Trinajstić information content (AvgIpc) is 3.03. The molecule has 0 N–H and O–H groups in total. The Bertz CT molecular complexity index is 841. The molecule has 0 aliphatic carbocycles. The van der Waals surface area contributed by atoms with Gasteiger partial charge in [-0.15, -0.1) is 0 Å². The molecule has 0 spiro atoms. The van der Waals surface area contributed by atoms with Crippen LogP contribution in [0.2, 0.25) is 0 Å². The van der Waals surface area contributed by atoms with E-state index in [1.807, 2.05) is 24.3 Å². The van der Waals surface area contributed by atoms with Crippen LogP contribution in [-0.2, 0) is 17.9 Å². The number of benzene rings is 2. The van der Waals surface area contributed by atoms with Crippen LogP contribution in [0, 0.1) is 5.82 Å². The molecule has 0 radical (unpaired) electrons. The van der Waals surface area contributed by atoms with Crippen molar-refractivity contribution < 1.29 is 14.0 Å². The zero-order chi connectivity index (χ0) is 17.6. The number of hydrogen-bond acceptors (Lipinski definition) is 2. The average molecular weight is 338 g/mol. The maximum atomic E-state index is 13.4. The Morgan fingerprint density at radius 1 is 1.04 bits per heavy atom. The number of amides is 2. The van der Waals surface area contributed by atoms with Gasteiger partial charge in [-0.3, -0.25) is 9.59 Å². The Hall–Kier alpha value is -2.69. The maximum Gasteiger partial charge on any atom is 0.254 e. The minimum atomic E-state index is -0.856. The summed E-state index contributed by atoms with van der Waals surface area (Å²) in [4.78, 5) is 29.2. The van der Waals surface area contributed by atoms with E-state index in [-0.39, 0.29) is 17.4 Å². The summed E-state index contributed by atoms with van der Waals surface area (Å²) in [6.45, 7) is 3.47. The van der Waals surface area contributed by atoms with Gasteiger partial charge in [0.2, 0.25) is 5.91 Å². The maximum absolute atomic E-state index is 13.4. The first-order valence-electron chi connectivity index (χ1n) is 8.43. The molecule has 4 rings (SSSR count). The van der Waals surface area contributed by atoms with Gasteiger partial charge in [-0.2, -0.15) is 0 Å². The van der Waals surface area contributed by atoms with Crippen molar-refractivity contribution in [3.05, 3.63) is 71.0 Å². The zero-order valence-corrected chi connectivity index (χ0v) is 14.0. The molecule has 0 saturated carbocycles. The highest BCUT2D eigenvalue weighted by Gasteiger charge is 2.51. The quantitative estimate of drug-likeness (QED) is 0.845. The predicted molar refractivity (Wildman–Crippen MR) is 91.2 cm³/mol. The number of halogens is 1. The molecule has 2 aliphatic heterocycles. The van der Waals surface area contributed by atoms with Crippen LogP contribution in [0.25, 0.3) is 0 Å². The molecule has 2 aromatic carbocycles. The van der Waals surface area contributed by atoms with Gasteiger partial charge in [0.1, 0.15) is 11.4 Å². The lowest BCUT2D eigenvalue weighted by molar-refractivity contribution is -0.149. The van der Waals surface area contributed by atoms with Crippen molar-refractivity contribution in [2.75, 3.05) is 6.54 Å². The summed E-state index contributed by atoms with van der Waals surface area (Å²) >= 11 is 0. The van der Waals surface area contributed by atoms with Crippen molar-refractivity contribution >= 4 is 11.8 Å². The van der Waals surface area contributed by atoms with Crippen molar-refractivity contribution in [3.8, 4) is 0 Å². The second kappa shape index (κ2) is 5.69. The molecule has 0 bridgehead atoms.